The minimum atomic E-state index is -0.716. The number of hydrogen-bond donors (Lipinski definition) is 3. The maximum atomic E-state index is 11.9. The first-order chi connectivity index (χ1) is 9.31. The molecule has 1 aromatic rings. The molecule has 0 aromatic heterocycles. The molecule has 0 saturated carbocycles. The average molecular weight is 277 g/mol. The molecular formula is C14H19N3O3. The van der Waals surface area contributed by atoms with Crippen LogP contribution in [0, 0.1) is 13.8 Å². The highest BCUT2D eigenvalue weighted by Gasteiger charge is 2.15. The zero-order valence-corrected chi connectivity index (χ0v) is 12.0. The van der Waals surface area contributed by atoms with Crippen molar-refractivity contribution in [1.29, 1.82) is 0 Å². The van der Waals surface area contributed by atoms with Gasteiger partial charge in [0.15, 0.2) is 0 Å². The standard InChI is InChI=1S/C14H19N3O3/c1-8-5-6-12(9(2)7-8)14(20)17-16-13(19)10(3)15-11(4)18/h5-7,10H,1-4H3,(H,15,18)(H,16,19)(H,17,20). The van der Waals surface area contributed by atoms with Crippen molar-refractivity contribution in [2.24, 2.45) is 0 Å². The lowest BCUT2D eigenvalue weighted by Crippen LogP contribution is -2.50. The zero-order valence-electron chi connectivity index (χ0n) is 12.0. The summed E-state index contributed by atoms with van der Waals surface area (Å²) in [7, 11) is 0. The van der Waals surface area contributed by atoms with Crippen LogP contribution in [0.25, 0.3) is 0 Å². The summed E-state index contributed by atoms with van der Waals surface area (Å²) in [6.07, 6.45) is 0. The minimum absolute atomic E-state index is 0.312. The molecule has 1 aromatic carbocycles. The molecule has 0 fully saturated rings. The lowest BCUT2D eigenvalue weighted by Gasteiger charge is -2.14. The summed E-state index contributed by atoms with van der Waals surface area (Å²) in [4.78, 5) is 34.3. The second-order valence-corrected chi connectivity index (χ2v) is 4.68. The smallest absolute Gasteiger partial charge is 0.269 e. The van der Waals surface area contributed by atoms with Gasteiger partial charge in [-0.2, -0.15) is 0 Å². The molecule has 3 N–H and O–H groups in total. The van der Waals surface area contributed by atoms with Crippen molar-refractivity contribution in [2.45, 2.75) is 33.7 Å². The van der Waals surface area contributed by atoms with Crippen molar-refractivity contribution in [3.63, 3.8) is 0 Å². The topological polar surface area (TPSA) is 87.3 Å². The van der Waals surface area contributed by atoms with E-state index in [9.17, 15) is 14.4 Å². The Labute approximate surface area is 117 Å². The maximum absolute atomic E-state index is 11.9. The fourth-order valence-corrected chi connectivity index (χ4v) is 1.73. The van der Waals surface area contributed by atoms with E-state index in [1.807, 2.05) is 26.0 Å². The van der Waals surface area contributed by atoms with Gasteiger partial charge < -0.3 is 5.32 Å². The van der Waals surface area contributed by atoms with Crippen LogP contribution < -0.4 is 16.2 Å². The monoisotopic (exact) mass is 277 g/mol. The van der Waals surface area contributed by atoms with Crippen LogP contribution >= 0.6 is 0 Å². The molecule has 0 spiro atoms. The summed E-state index contributed by atoms with van der Waals surface area (Å²) in [5.41, 5.74) is 6.97. The van der Waals surface area contributed by atoms with E-state index in [2.05, 4.69) is 16.2 Å². The summed E-state index contributed by atoms with van der Waals surface area (Å²) >= 11 is 0. The zero-order chi connectivity index (χ0) is 15.3. The Kier molecular flexibility index (Phi) is 5.25. The lowest BCUT2D eigenvalue weighted by atomic mass is 10.1. The lowest BCUT2D eigenvalue weighted by molar-refractivity contribution is -0.128. The normalized spacial score (nSPS) is 11.4. The SMILES string of the molecule is CC(=O)NC(C)C(=O)NNC(=O)c1ccc(C)cc1C. The highest BCUT2D eigenvalue weighted by Crippen LogP contribution is 2.09. The molecule has 0 aliphatic rings. The van der Waals surface area contributed by atoms with E-state index in [1.165, 1.54) is 13.8 Å². The van der Waals surface area contributed by atoms with E-state index >= 15 is 0 Å². The van der Waals surface area contributed by atoms with Gasteiger partial charge in [0, 0.05) is 12.5 Å². The molecule has 6 nitrogen and oxygen atoms in total. The predicted octanol–water partition coefficient (Wildman–Crippen LogP) is 0.589. The largest absolute Gasteiger partial charge is 0.345 e. The predicted molar refractivity (Wildman–Crippen MR) is 74.8 cm³/mol. The molecule has 3 amide bonds. The fourth-order valence-electron chi connectivity index (χ4n) is 1.73. The average Bonchev–Trinajstić information content (AvgIpc) is 2.34. The Hall–Kier alpha value is -2.37. The summed E-state index contributed by atoms with van der Waals surface area (Å²) < 4.78 is 0. The van der Waals surface area contributed by atoms with Gasteiger partial charge in [0.2, 0.25) is 5.91 Å². The fraction of sp³-hybridized carbons (Fsp3) is 0.357. The third kappa shape index (κ3) is 4.38. The molecular weight excluding hydrogens is 258 g/mol. The third-order valence-electron chi connectivity index (χ3n) is 2.74. The van der Waals surface area contributed by atoms with Gasteiger partial charge in [-0.3, -0.25) is 25.2 Å². The first-order valence-electron chi connectivity index (χ1n) is 6.26. The molecule has 0 radical (unpaired) electrons. The van der Waals surface area contributed by atoms with Crippen molar-refractivity contribution in [1.82, 2.24) is 16.2 Å². The highest BCUT2D eigenvalue weighted by atomic mass is 16.2. The van der Waals surface area contributed by atoms with Crippen LogP contribution in [0.15, 0.2) is 18.2 Å². The molecule has 20 heavy (non-hydrogen) atoms. The van der Waals surface area contributed by atoms with E-state index in [1.54, 1.807) is 6.07 Å². The van der Waals surface area contributed by atoms with Gasteiger partial charge in [-0.15, -0.1) is 0 Å². The molecule has 108 valence electrons. The second-order valence-electron chi connectivity index (χ2n) is 4.68. The van der Waals surface area contributed by atoms with Gasteiger partial charge in [-0.25, -0.2) is 0 Å². The van der Waals surface area contributed by atoms with Crippen LogP contribution in [0.2, 0.25) is 0 Å². The van der Waals surface area contributed by atoms with Crippen LogP contribution in [0.3, 0.4) is 0 Å². The van der Waals surface area contributed by atoms with Crippen molar-refractivity contribution < 1.29 is 14.4 Å². The van der Waals surface area contributed by atoms with Crippen LogP contribution in [0.4, 0.5) is 0 Å². The summed E-state index contributed by atoms with van der Waals surface area (Å²) in [5.74, 6) is -1.20. The maximum Gasteiger partial charge on any atom is 0.269 e. The van der Waals surface area contributed by atoms with Crippen molar-refractivity contribution in [3.05, 3.63) is 34.9 Å². The van der Waals surface area contributed by atoms with Gasteiger partial charge in [0.05, 0.1) is 0 Å². The number of carbonyl (C=O) groups is 3. The van der Waals surface area contributed by atoms with E-state index in [0.717, 1.165) is 11.1 Å². The molecule has 0 aliphatic carbocycles. The van der Waals surface area contributed by atoms with Gasteiger partial charge in [0.25, 0.3) is 11.8 Å². The first kappa shape index (κ1) is 15.7. The summed E-state index contributed by atoms with van der Waals surface area (Å²) in [6, 6.07) is 4.69. The molecule has 0 saturated heterocycles. The highest BCUT2D eigenvalue weighted by molar-refractivity contribution is 5.97. The minimum Gasteiger partial charge on any atom is -0.345 e. The van der Waals surface area contributed by atoms with Crippen LogP contribution in [-0.2, 0) is 9.59 Å². The molecule has 1 atom stereocenters. The Morgan fingerprint density at radius 3 is 2.30 bits per heavy atom. The number of carbonyl (C=O) groups excluding carboxylic acids is 3. The molecule has 1 rings (SSSR count). The van der Waals surface area contributed by atoms with Gasteiger partial charge in [-0.05, 0) is 32.4 Å². The van der Waals surface area contributed by atoms with E-state index in [4.69, 9.17) is 0 Å². The van der Waals surface area contributed by atoms with E-state index < -0.39 is 17.9 Å². The van der Waals surface area contributed by atoms with E-state index in [-0.39, 0.29) is 5.91 Å². The molecule has 0 bridgehead atoms. The summed E-state index contributed by atoms with van der Waals surface area (Å²) in [5, 5.41) is 2.42. The van der Waals surface area contributed by atoms with Crippen molar-refractivity contribution >= 4 is 17.7 Å². The number of benzene rings is 1. The number of rotatable bonds is 3. The Bertz CT molecular complexity index is 540. The number of hydrazine groups is 1. The Morgan fingerprint density at radius 2 is 1.75 bits per heavy atom. The van der Waals surface area contributed by atoms with Gasteiger partial charge >= 0.3 is 0 Å². The van der Waals surface area contributed by atoms with Crippen molar-refractivity contribution in [2.75, 3.05) is 0 Å². The van der Waals surface area contributed by atoms with Crippen LogP contribution in [0.5, 0.6) is 0 Å². The summed E-state index contributed by atoms with van der Waals surface area (Å²) in [6.45, 7) is 6.60. The molecule has 0 aliphatic heterocycles. The van der Waals surface area contributed by atoms with Crippen LogP contribution in [-0.4, -0.2) is 23.8 Å². The molecule has 6 heteroatoms. The Balaban J connectivity index is 2.59. The number of amides is 3. The van der Waals surface area contributed by atoms with Crippen LogP contribution in [0.1, 0.15) is 35.3 Å². The third-order valence-corrected chi connectivity index (χ3v) is 2.74. The second kappa shape index (κ2) is 6.70. The number of hydrogen-bond acceptors (Lipinski definition) is 3. The molecule has 0 heterocycles. The van der Waals surface area contributed by atoms with Crippen molar-refractivity contribution in [3.8, 4) is 0 Å². The van der Waals surface area contributed by atoms with E-state index in [0.29, 0.717) is 5.56 Å². The van der Waals surface area contributed by atoms with Gasteiger partial charge in [-0.1, -0.05) is 17.7 Å². The molecule has 1 unspecified atom stereocenters. The first-order valence-corrected chi connectivity index (χ1v) is 6.26. The van der Waals surface area contributed by atoms with Gasteiger partial charge in [0.1, 0.15) is 6.04 Å². The number of nitrogens with one attached hydrogen (secondary N) is 3. The quantitative estimate of drug-likeness (QED) is 0.707. The Morgan fingerprint density at radius 1 is 1.10 bits per heavy atom. The number of aryl methyl sites for hydroxylation is 2.